The SMILES string of the molecule is O=C(O)NC[C@H]1C(=O)N[C@@H](Cc2ccc3ccccc3c2)C(=O)N1Cc1ccc(-c2ccccc2)cc1. The van der Waals surface area contributed by atoms with E-state index in [4.69, 9.17) is 5.11 Å². The lowest BCUT2D eigenvalue weighted by Gasteiger charge is -2.39. The monoisotopic (exact) mass is 493 g/mol. The maximum Gasteiger partial charge on any atom is 0.404 e. The van der Waals surface area contributed by atoms with Crippen molar-refractivity contribution in [1.82, 2.24) is 15.5 Å². The van der Waals surface area contributed by atoms with Gasteiger partial charge >= 0.3 is 6.09 Å². The molecule has 1 aliphatic rings. The molecule has 0 spiro atoms. The molecule has 0 bridgehead atoms. The van der Waals surface area contributed by atoms with Crippen molar-refractivity contribution in [3.63, 3.8) is 0 Å². The first-order valence-electron chi connectivity index (χ1n) is 12.2. The number of fused-ring (bicyclic) bond motifs is 1. The minimum Gasteiger partial charge on any atom is -0.465 e. The van der Waals surface area contributed by atoms with Crippen molar-refractivity contribution in [3.05, 3.63) is 108 Å². The minimum atomic E-state index is -1.24. The van der Waals surface area contributed by atoms with E-state index in [1.165, 1.54) is 4.90 Å². The summed E-state index contributed by atoms with van der Waals surface area (Å²) in [5.41, 5.74) is 3.92. The Hall–Kier alpha value is -4.65. The van der Waals surface area contributed by atoms with Crippen LogP contribution in [0.25, 0.3) is 21.9 Å². The van der Waals surface area contributed by atoms with Crippen molar-refractivity contribution in [2.24, 2.45) is 0 Å². The van der Waals surface area contributed by atoms with Crippen LogP contribution in [0.5, 0.6) is 0 Å². The van der Waals surface area contributed by atoms with Gasteiger partial charge in [-0.3, -0.25) is 9.59 Å². The molecule has 186 valence electrons. The molecule has 0 saturated carbocycles. The lowest BCUT2D eigenvalue weighted by Crippen LogP contribution is -2.65. The molecule has 7 nitrogen and oxygen atoms in total. The summed E-state index contributed by atoms with van der Waals surface area (Å²) in [7, 11) is 0. The van der Waals surface area contributed by atoms with Crippen molar-refractivity contribution < 1.29 is 19.5 Å². The molecule has 3 N–H and O–H groups in total. The van der Waals surface area contributed by atoms with Gasteiger partial charge in [-0.2, -0.15) is 0 Å². The Balaban J connectivity index is 1.38. The summed E-state index contributed by atoms with van der Waals surface area (Å²) in [4.78, 5) is 39.3. The van der Waals surface area contributed by atoms with E-state index in [0.717, 1.165) is 33.0 Å². The number of carbonyl (C=O) groups is 3. The first-order chi connectivity index (χ1) is 18.0. The van der Waals surface area contributed by atoms with Gasteiger partial charge in [-0.25, -0.2) is 4.79 Å². The standard InChI is InChI=1S/C30H27N3O4/c34-28-27(18-31-30(36)37)33(19-20-10-13-24(14-11-20)22-6-2-1-3-7-22)29(35)26(32-28)17-21-12-15-23-8-4-5-9-25(23)16-21/h1-16,26-27,31H,17-19H2,(H,32,34)(H,36,37)/t26-,27-/m0/s1. The van der Waals surface area contributed by atoms with E-state index >= 15 is 0 Å². The fourth-order valence-electron chi connectivity index (χ4n) is 4.77. The number of hydrogen-bond acceptors (Lipinski definition) is 3. The zero-order valence-electron chi connectivity index (χ0n) is 20.1. The molecule has 4 aromatic carbocycles. The normalized spacial score (nSPS) is 17.5. The van der Waals surface area contributed by atoms with Crippen LogP contribution in [0.15, 0.2) is 97.1 Å². The summed E-state index contributed by atoms with van der Waals surface area (Å²) in [6.07, 6.45) is -0.900. The van der Waals surface area contributed by atoms with E-state index in [1.807, 2.05) is 97.1 Å². The number of carbonyl (C=O) groups excluding carboxylic acids is 2. The number of carboxylic acid groups (broad SMARTS) is 1. The summed E-state index contributed by atoms with van der Waals surface area (Å²) in [6.45, 7) is 0.0131. The summed E-state index contributed by atoms with van der Waals surface area (Å²) in [5.74, 6) is -0.614. The van der Waals surface area contributed by atoms with Gasteiger partial charge in [0.25, 0.3) is 0 Å². The molecule has 4 aromatic rings. The van der Waals surface area contributed by atoms with E-state index in [0.29, 0.717) is 6.42 Å². The van der Waals surface area contributed by atoms with Gasteiger partial charge in [0.05, 0.1) is 6.54 Å². The van der Waals surface area contributed by atoms with Crippen LogP contribution in [-0.2, 0) is 22.6 Å². The molecule has 2 atom stereocenters. The third-order valence-electron chi connectivity index (χ3n) is 6.69. The molecular formula is C30H27N3O4. The van der Waals surface area contributed by atoms with Crippen molar-refractivity contribution in [2.45, 2.75) is 25.0 Å². The number of hydrogen-bond donors (Lipinski definition) is 3. The predicted molar refractivity (Wildman–Crippen MR) is 142 cm³/mol. The van der Waals surface area contributed by atoms with Gasteiger partial charge in [0, 0.05) is 13.0 Å². The predicted octanol–water partition coefficient (Wildman–Crippen LogP) is 4.21. The Labute approximate surface area is 214 Å². The van der Waals surface area contributed by atoms with E-state index < -0.39 is 18.2 Å². The maximum absolute atomic E-state index is 13.6. The molecule has 0 unspecified atom stereocenters. The largest absolute Gasteiger partial charge is 0.465 e. The Kier molecular flexibility index (Phi) is 6.85. The smallest absolute Gasteiger partial charge is 0.404 e. The van der Waals surface area contributed by atoms with Gasteiger partial charge in [-0.1, -0.05) is 97.1 Å². The van der Waals surface area contributed by atoms with Gasteiger partial charge in [0.1, 0.15) is 12.1 Å². The van der Waals surface area contributed by atoms with Crippen LogP contribution in [-0.4, -0.2) is 46.5 Å². The Morgan fingerprint density at radius 2 is 1.46 bits per heavy atom. The highest BCUT2D eigenvalue weighted by Gasteiger charge is 2.40. The molecule has 1 aliphatic heterocycles. The average molecular weight is 494 g/mol. The third-order valence-corrected chi connectivity index (χ3v) is 6.69. The second kappa shape index (κ2) is 10.5. The number of nitrogens with zero attached hydrogens (tertiary/aromatic N) is 1. The Bertz CT molecular complexity index is 1440. The van der Waals surface area contributed by atoms with Crippen molar-refractivity contribution in [3.8, 4) is 11.1 Å². The molecule has 5 rings (SSSR count). The molecule has 1 fully saturated rings. The first-order valence-corrected chi connectivity index (χ1v) is 12.2. The van der Waals surface area contributed by atoms with Crippen LogP contribution < -0.4 is 10.6 Å². The van der Waals surface area contributed by atoms with Crippen LogP contribution in [0.2, 0.25) is 0 Å². The van der Waals surface area contributed by atoms with Gasteiger partial charge < -0.3 is 20.6 Å². The summed E-state index contributed by atoms with van der Waals surface area (Å²) in [6, 6.07) is 30.1. The molecular weight excluding hydrogens is 466 g/mol. The molecule has 7 heteroatoms. The first kappa shape index (κ1) is 24.1. The van der Waals surface area contributed by atoms with Crippen LogP contribution in [0.1, 0.15) is 11.1 Å². The third kappa shape index (κ3) is 5.46. The van der Waals surface area contributed by atoms with Crippen LogP contribution >= 0.6 is 0 Å². The Morgan fingerprint density at radius 1 is 0.811 bits per heavy atom. The molecule has 0 radical (unpaired) electrons. The number of piperazine rings is 1. The van der Waals surface area contributed by atoms with Crippen LogP contribution in [0.4, 0.5) is 4.79 Å². The number of benzene rings is 4. The molecule has 1 saturated heterocycles. The second-order valence-electron chi connectivity index (χ2n) is 9.18. The topological polar surface area (TPSA) is 98.7 Å². The van der Waals surface area contributed by atoms with E-state index in [2.05, 4.69) is 10.6 Å². The molecule has 3 amide bonds. The molecule has 0 aromatic heterocycles. The number of nitrogens with one attached hydrogen (secondary N) is 2. The zero-order chi connectivity index (χ0) is 25.8. The molecule has 1 heterocycles. The van der Waals surface area contributed by atoms with Gasteiger partial charge in [0.15, 0.2) is 0 Å². The average Bonchev–Trinajstić information content (AvgIpc) is 2.92. The lowest BCUT2D eigenvalue weighted by atomic mass is 9.97. The summed E-state index contributed by atoms with van der Waals surface area (Å²) >= 11 is 0. The second-order valence-corrected chi connectivity index (χ2v) is 9.18. The molecule has 37 heavy (non-hydrogen) atoms. The summed E-state index contributed by atoms with van der Waals surface area (Å²) in [5, 5.41) is 16.3. The summed E-state index contributed by atoms with van der Waals surface area (Å²) < 4.78 is 0. The van der Waals surface area contributed by atoms with Crippen LogP contribution in [0.3, 0.4) is 0 Å². The fourth-order valence-corrected chi connectivity index (χ4v) is 4.77. The van der Waals surface area contributed by atoms with E-state index in [9.17, 15) is 14.4 Å². The molecule has 0 aliphatic carbocycles. The number of rotatable bonds is 7. The fraction of sp³-hybridized carbons (Fsp3) is 0.167. The van der Waals surface area contributed by atoms with E-state index in [-0.39, 0.29) is 24.9 Å². The highest BCUT2D eigenvalue weighted by Crippen LogP contribution is 2.23. The highest BCUT2D eigenvalue weighted by atomic mass is 16.4. The van der Waals surface area contributed by atoms with Gasteiger partial charge in [-0.05, 0) is 33.0 Å². The number of amides is 3. The maximum atomic E-state index is 13.6. The van der Waals surface area contributed by atoms with E-state index in [1.54, 1.807) is 0 Å². The van der Waals surface area contributed by atoms with Crippen molar-refractivity contribution >= 4 is 28.7 Å². The van der Waals surface area contributed by atoms with Gasteiger partial charge in [-0.15, -0.1) is 0 Å². The van der Waals surface area contributed by atoms with Crippen molar-refractivity contribution in [2.75, 3.05) is 6.54 Å². The quantitative estimate of drug-likeness (QED) is 0.359. The lowest BCUT2D eigenvalue weighted by molar-refractivity contribution is -0.149. The zero-order valence-corrected chi connectivity index (χ0v) is 20.1. The van der Waals surface area contributed by atoms with Crippen molar-refractivity contribution in [1.29, 1.82) is 0 Å². The van der Waals surface area contributed by atoms with Crippen LogP contribution in [0, 0.1) is 0 Å². The minimum absolute atomic E-state index is 0.183. The Morgan fingerprint density at radius 3 is 2.19 bits per heavy atom. The highest BCUT2D eigenvalue weighted by molar-refractivity contribution is 5.97. The van der Waals surface area contributed by atoms with Gasteiger partial charge in [0.2, 0.25) is 11.8 Å².